The van der Waals surface area contributed by atoms with Crippen LogP contribution in [-0.4, -0.2) is 37.4 Å². The third-order valence-electron chi connectivity index (χ3n) is 5.62. The van der Waals surface area contributed by atoms with E-state index < -0.39 is 18.0 Å². The second-order valence-corrected chi connectivity index (χ2v) is 7.96. The van der Waals surface area contributed by atoms with E-state index >= 15 is 0 Å². The van der Waals surface area contributed by atoms with E-state index in [1.165, 1.54) is 0 Å². The number of esters is 1. The monoisotopic (exact) mass is 459 g/mol. The van der Waals surface area contributed by atoms with Crippen LogP contribution in [0.15, 0.2) is 78.9 Å². The first-order chi connectivity index (χ1) is 16.5. The van der Waals surface area contributed by atoms with Gasteiger partial charge < -0.3 is 19.1 Å². The van der Waals surface area contributed by atoms with Gasteiger partial charge >= 0.3 is 5.97 Å². The molecule has 2 atom stereocenters. The smallest absolute Gasteiger partial charge is 0.312 e. The predicted molar refractivity (Wildman–Crippen MR) is 126 cm³/mol. The van der Waals surface area contributed by atoms with Gasteiger partial charge in [0.1, 0.15) is 5.75 Å². The van der Waals surface area contributed by atoms with Crippen LogP contribution in [0.1, 0.15) is 23.7 Å². The lowest BCUT2D eigenvalue weighted by molar-refractivity contribution is -0.151. The van der Waals surface area contributed by atoms with E-state index in [4.69, 9.17) is 14.2 Å². The molecule has 1 heterocycles. The number of benzene rings is 3. The maximum Gasteiger partial charge on any atom is 0.312 e. The van der Waals surface area contributed by atoms with Gasteiger partial charge in [-0.05, 0) is 43.3 Å². The first kappa shape index (κ1) is 23.0. The molecule has 0 aromatic heterocycles. The topological polar surface area (TPSA) is 82.1 Å². The van der Waals surface area contributed by atoms with Crippen molar-refractivity contribution in [3.05, 3.63) is 84.4 Å². The molecule has 7 nitrogen and oxygen atoms in total. The van der Waals surface area contributed by atoms with Crippen LogP contribution < -0.4 is 14.4 Å². The highest BCUT2D eigenvalue weighted by Gasteiger charge is 2.37. The van der Waals surface area contributed by atoms with Crippen molar-refractivity contribution >= 4 is 23.3 Å². The van der Waals surface area contributed by atoms with E-state index in [1.54, 1.807) is 79.6 Å². The summed E-state index contributed by atoms with van der Waals surface area (Å²) in [6.07, 6.45) is -0.893. The van der Waals surface area contributed by atoms with E-state index in [0.717, 1.165) is 0 Å². The number of anilines is 1. The number of ketones is 1. The Morgan fingerprint density at radius 2 is 1.56 bits per heavy atom. The standard InChI is InChI=1S/C27H25NO6/c1-18(26(30)19-8-4-3-5-9-19)33-27(31)20-16-25(29)28(17-20)21-12-14-22(15-13-21)34-24-11-7-6-10-23(24)32-2/h3-15,18,20H,16-17H2,1-2H3/t18-,20+/m0/s1. The third-order valence-corrected chi connectivity index (χ3v) is 5.62. The van der Waals surface area contributed by atoms with Crippen LogP contribution in [-0.2, 0) is 14.3 Å². The van der Waals surface area contributed by atoms with Crippen molar-refractivity contribution in [2.75, 3.05) is 18.6 Å². The molecule has 0 N–H and O–H groups in total. The lowest BCUT2D eigenvalue weighted by Crippen LogP contribution is -2.30. The molecule has 0 spiro atoms. The summed E-state index contributed by atoms with van der Waals surface area (Å²) in [5, 5.41) is 0. The SMILES string of the molecule is COc1ccccc1Oc1ccc(N2C[C@H](C(=O)O[C@@H](C)C(=O)c3ccccc3)CC2=O)cc1. The minimum absolute atomic E-state index is 0.0323. The van der Waals surface area contributed by atoms with Crippen molar-refractivity contribution in [2.24, 2.45) is 5.92 Å². The Bertz CT molecular complexity index is 1180. The molecule has 1 amide bonds. The fourth-order valence-corrected chi connectivity index (χ4v) is 3.80. The summed E-state index contributed by atoms with van der Waals surface area (Å²) in [7, 11) is 1.57. The van der Waals surface area contributed by atoms with Gasteiger partial charge in [0.05, 0.1) is 13.0 Å². The van der Waals surface area contributed by atoms with Gasteiger partial charge in [-0.3, -0.25) is 14.4 Å². The molecule has 3 aromatic rings. The molecule has 34 heavy (non-hydrogen) atoms. The molecule has 7 heteroatoms. The lowest BCUT2D eigenvalue weighted by Gasteiger charge is -2.18. The van der Waals surface area contributed by atoms with Gasteiger partial charge in [0.15, 0.2) is 17.6 Å². The maximum atomic E-state index is 12.6. The number of para-hydroxylation sites is 2. The van der Waals surface area contributed by atoms with Crippen LogP contribution in [0.4, 0.5) is 5.69 Å². The van der Waals surface area contributed by atoms with Crippen LogP contribution in [0.5, 0.6) is 17.2 Å². The van der Waals surface area contributed by atoms with Crippen LogP contribution >= 0.6 is 0 Å². The lowest BCUT2D eigenvalue weighted by atomic mass is 10.1. The number of methoxy groups -OCH3 is 1. The summed E-state index contributed by atoms with van der Waals surface area (Å²) in [4.78, 5) is 39.3. The molecule has 1 aliphatic heterocycles. The Morgan fingerprint density at radius 1 is 0.912 bits per heavy atom. The van der Waals surface area contributed by atoms with Crippen molar-refractivity contribution in [2.45, 2.75) is 19.4 Å². The first-order valence-electron chi connectivity index (χ1n) is 11.0. The zero-order valence-corrected chi connectivity index (χ0v) is 19.0. The average molecular weight is 459 g/mol. The number of nitrogens with zero attached hydrogens (tertiary/aromatic N) is 1. The Morgan fingerprint density at radius 3 is 2.24 bits per heavy atom. The van der Waals surface area contributed by atoms with Crippen LogP contribution in [0, 0.1) is 5.92 Å². The highest BCUT2D eigenvalue weighted by atomic mass is 16.5. The number of ether oxygens (including phenoxy) is 3. The molecular weight excluding hydrogens is 434 g/mol. The van der Waals surface area contributed by atoms with Crippen LogP contribution in [0.25, 0.3) is 0 Å². The molecule has 0 aliphatic carbocycles. The Hall–Kier alpha value is -4.13. The van der Waals surface area contributed by atoms with Crippen molar-refractivity contribution in [3.8, 4) is 17.2 Å². The van der Waals surface area contributed by atoms with Gasteiger partial charge in [-0.2, -0.15) is 0 Å². The number of carbonyl (C=O) groups excluding carboxylic acids is 3. The van der Waals surface area contributed by atoms with Crippen molar-refractivity contribution in [1.29, 1.82) is 0 Å². The first-order valence-corrected chi connectivity index (χ1v) is 11.0. The molecule has 0 saturated carbocycles. The average Bonchev–Trinajstić information content (AvgIpc) is 3.26. The second kappa shape index (κ2) is 10.2. The summed E-state index contributed by atoms with van der Waals surface area (Å²) in [5.41, 5.74) is 1.13. The molecule has 4 rings (SSSR count). The Balaban J connectivity index is 1.37. The molecule has 3 aromatic carbocycles. The third kappa shape index (κ3) is 5.09. The number of carbonyl (C=O) groups is 3. The molecule has 1 saturated heterocycles. The summed E-state index contributed by atoms with van der Waals surface area (Å²) in [6.45, 7) is 1.73. The molecule has 1 fully saturated rings. The van der Waals surface area contributed by atoms with Gasteiger partial charge in [-0.15, -0.1) is 0 Å². The molecule has 174 valence electrons. The zero-order valence-electron chi connectivity index (χ0n) is 19.0. The van der Waals surface area contributed by atoms with Gasteiger partial charge in [0.2, 0.25) is 11.7 Å². The zero-order chi connectivity index (χ0) is 24.1. The minimum atomic E-state index is -0.925. The summed E-state index contributed by atoms with van der Waals surface area (Å²) >= 11 is 0. The largest absolute Gasteiger partial charge is 0.493 e. The number of hydrogen-bond acceptors (Lipinski definition) is 6. The maximum absolute atomic E-state index is 12.6. The molecule has 1 aliphatic rings. The summed E-state index contributed by atoms with van der Waals surface area (Å²) < 4.78 is 16.6. The van der Waals surface area contributed by atoms with E-state index in [-0.39, 0.29) is 24.7 Å². The van der Waals surface area contributed by atoms with Crippen molar-refractivity contribution in [1.82, 2.24) is 0 Å². The van der Waals surface area contributed by atoms with Gasteiger partial charge in [-0.1, -0.05) is 42.5 Å². The van der Waals surface area contributed by atoms with Crippen molar-refractivity contribution < 1.29 is 28.6 Å². The Labute approximate surface area is 197 Å². The van der Waals surface area contributed by atoms with E-state index in [1.807, 2.05) is 18.2 Å². The number of Topliss-reactive ketones (excluding diaryl/α,β-unsaturated/α-hetero) is 1. The summed E-state index contributed by atoms with van der Waals surface area (Å²) in [5.74, 6) is 0.138. The van der Waals surface area contributed by atoms with Gasteiger partial charge in [-0.25, -0.2) is 0 Å². The van der Waals surface area contributed by atoms with Crippen LogP contribution in [0.3, 0.4) is 0 Å². The van der Waals surface area contributed by atoms with E-state index in [0.29, 0.717) is 28.5 Å². The summed E-state index contributed by atoms with van der Waals surface area (Å²) in [6, 6.07) is 23.0. The number of rotatable bonds is 8. The van der Waals surface area contributed by atoms with E-state index in [9.17, 15) is 14.4 Å². The van der Waals surface area contributed by atoms with E-state index in [2.05, 4.69) is 0 Å². The Kier molecular flexibility index (Phi) is 6.92. The van der Waals surface area contributed by atoms with Gasteiger partial charge in [0, 0.05) is 24.2 Å². The number of hydrogen-bond donors (Lipinski definition) is 0. The minimum Gasteiger partial charge on any atom is -0.493 e. The van der Waals surface area contributed by atoms with Gasteiger partial charge in [0.25, 0.3) is 0 Å². The quantitative estimate of drug-likeness (QED) is 0.360. The second-order valence-electron chi connectivity index (χ2n) is 7.96. The fourth-order valence-electron chi connectivity index (χ4n) is 3.80. The number of amides is 1. The molecular formula is C27H25NO6. The normalized spacial score (nSPS) is 16.1. The molecule has 0 radical (unpaired) electrons. The molecule has 0 bridgehead atoms. The van der Waals surface area contributed by atoms with Crippen molar-refractivity contribution in [3.63, 3.8) is 0 Å². The van der Waals surface area contributed by atoms with Crippen LogP contribution in [0.2, 0.25) is 0 Å². The predicted octanol–water partition coefficient (Wildman–Crippen LogP) is 4.66. The fraction of sp³-hybridized carbons (Fsp3) is 0.222. The highest BCUT2D eigenvalue weighted by Crippen LogP contribution is 2.33. The molecule has 0 unspecified atom stereocenters. The highest BCUT2D eigenvalue weighted by molar-refractivity contribution is 6.02.